The van der Waals surface area contributed by atoms with Gasteiger partial charge in [-0.05, 0) is 69.4 Å². The van der Waals surface area contributed by atoms with Gasteiger partial charge in [-0.3, -0.25) is 9.69 Å². The Balaban J connectivity index is 1.19. The molecule has 2 aliphatic carbocycles. The van der Waals surface area contributed by atoms with Crippen LogP contribution in [0.1, 0.15) is 55.8 Å². The average molecular weight is 442 g/mol. The quantitative estimate of drug-likeness (QED) is 0.567. The van der Waals surface area contributed by atoms with Gasteiger partial charge >= 0.3 is 0 Å². The van der Waals surface area contributed by atoms with Crippen LogP contribution in [0.4, 0.5) is 17.6 Å². The number of nitrogens with zero attached hydrogens (tertiary/aromatic N) is 1. The SMILES string of the molecule is CC(F)(F)CN1CCC([C@H]2C[C@H]2CCOc2cc(F)c(C(=O)NC3CC3)c(F)c2)CC1. The van der Waals surface area contributed by atoms with Crippen LogP contribution >= 0.6 is 0 Å². The third-order valence-corrected chi connectivity index (χ3v) is 6.63. The molecule has 3 aliphatic rings. The van der Waals surface area contributed by atoms with E-state index in [9.17, 15) is 22.4 Å². The number of ether oxygens (including phenoxy) is 1. The smallest absolute Gasteiger partial charge is 0.257 e. The number of hydrogen-bond acceptors (Lipinski definition) is 3. The highest BCUT2D eigenvalue weighted by atomic mass is 19.3. The minimum atomic E-state index is -2.65. The molecule has 0 aromatic heterocycles. The molecular weight excluding hydrogens is 412 g/mol. The Kier molecular flexibility index (Phi) is 6.47. The van der Waals surface area contributed by atoms with E-state index in [4.69, 9.17) is 4.74 Å². The number of carbonyl (C=O) groups excluding carboxylic acids is 1. The van der Waals surface area contributed by atoms with E-state index in [1.165, 1.54) is 0 Å². The second-order valence-electron chi connectivity index (χ2n) is 9.49. The van der Waals surface area contributed by atoms with Crippen LogP contribution in [0.5, 0.6) is 5.75 Å². The Hall–Kier alpha value is -1.83. The number of nitrogens with one attached hydrogen (secondary N) is 1. The maximum atomic E-state index is 14.2. The second-order valence-corrected chi connectivity index (χ2v) is 9.49. The summed E-state index contributed by atoms with van der Waals surface area (Å²) in [5.74, 6) is -3.45. The number of alkyl halides is 2. The predicted molar refractivity (Wildman–Crippen MR) is 108 cm³/mol. The first-order valence-corrected chi connectivity index (χ1v) is 11.2. The number of piperidine rings is 1. The van der Waals surface area contributed by atoms with Crippen molar-refractivity contribution in [3.05, 3.63) is 29.3 Å². The van der Waals surface area contributed by atoms with Gasteiger partial charge in [0.1, 0.15) is 22.9 Å². The van der Waals surface area contributed by atoms with Crippen molar-refractivity contribution < 1.29 is 27.1 Å². The highest BCUT2D eigenvalue weighted by molar-refractivity contribution is 5.95. The predicted octanol–water partition coefficient (Wildman–Crippen LogP) is 4.63. The Morgan fingerprint density at radius 1 is 1.16 bits per heavy atom. The van der Waals surface area contributed by atoms with E-state index in [-0.39, 0.29) is 18.3 Å². The van der Waals surface area contributed by atoms with Crippen LogP contribution in [-0.4, -0.2) is 49.0 Å². The molecule has 1 saturated heterocycles. The van der Waals surface area contributed by atoms with Gasteiger partial charge in [-0.15, -0.1) is 0 Å². The zero-order chi connectivity index (χ0) is 22.2. The Morgan fingerprint density at radius 3 is 2.39 bits per heavy atom. The van der Waals surface area contributed by atoms with Crippen molar-refractivity contribution in [3.8, 4) is 5.75 Å². The maximum Gasteiger partial charge on any atom is 0.257 e. The van der Waals surface area contributed by atoms with Crippen molar-refractivity contribution in [2.45, 2.75) is 57.4 Å². The van der Waals surface area contributed by atoms with Gasteiger partial charge in [0.15, 0.2) is 0 Å². The molecular formula is C23H30F4N2O2. The zero-order valence-corrected chi connectivity index (χ0v) is 17.8. The highest BCUT2D eigenvalue weighted by Crippen LogP contribution is 2.49. The number of benzene rings is 1. The van der Waals surface area contributed by atoms with Crippen molar-refractivity contribution in [1.82, 2.24) is 10.2 Å². The molecule has 0 unspecified atom stereocenters. The summed E-state index contributed by atoms with van der Waals surface area (Å²) in [7, 11) is 0. The van der Waals surface area contributed by atoms with E-state index < -0.39 is 29.0 Å². The second kappa shape index (κ2) is 8.96. The first-order chi connectivity index (χ1) is 14.7. The molecule has 172 valence electrons. The lowest BCUT2D eigenvalue weighted by Gasteiger charge is -2.33. The van der Waals surface area contributed by atoms with Gasteiger partial charge in [0.2, 0.25) is 0 Å². The fraction of sp³-hybridized carbons (Fsp3) is 0.696. The first-order valence-electron chi connectivity index (χ1n) is 11.2. The zero-order valence-electron chi connectivity index (χ0n) is 17.8. The Morgan fingerprint density at radius 2 is 1.81 bits per heavy atom. The van der Waals surface area contributed by atoms with E-state index in [1.54, 1.807) is 0 Å². The molecule has 0 radical (unpaired) electrons. The third kappa shape index (κ3) is 6.11. The van der Waals surface area contributed by atoms with Crippen molar-refractivity contribution in [2.75, 3.05) is 26.2 Å². The fourth-order valence-electron chi connectivity index (χ4n) is 4.78. The van der Waals surface area contributed by atoms with E-state index in [0.29, 0.717) is 37.5 Å². The number of carbonyl (C=O) groups is 1. The minimum absolute atomic E-state index is 0.0218. The Bertz CT molecular complexity index is 778. The monoisotopic (exact) mass is 442 g/mol. The highest BCUT2D eigenvalue weighted by Gasteiger charge is 2.43. The number of rotatable bonds is 9. The van der Waals surface area contributed by atoms with Gasteiger partial charge in [-0.2, -0.15) is 0 Å². The standard InChI is InChI=1S/C23H30F4N2O2/c1-23(26,27)13-29-7-4-14(5-8-29)18-10-15(18)6-9-31-17-11-19(24)21(20(25)12-17)22(30)28-16-2-3-16/h11-12,14-16,18H,2-10,13H2,1H3,(H,28,30)/t15-,18-/m1/s1. The normalized spacial score (nSPS) is 24.8. The minimum Gasteiger partial charge on any atom is -0.493 e. The molecule has 4 rings (SSSR count). The van der Waals surface area contributed by atoms with Gasteiger partial charge in [0.05, 0.1) is 13.2 Å². The molecule has 31 heavy (non-hydrogen) atoms. The largest absolute Gasteiger partial charge is 0.493 e. The summed E-state index contributed by atoms with van der Waals surface area (Å²) < 4.78 is 60.3. The third-order valence-electron chi connectivity index (χ3n) is 6.63. The lowest BCUT2D eigenvalue weighted by atomic mass is 9.90. The van der Waals surface area contributed by atoms with Gasteiger partial charge < -0.3 is 10.1 Å². The van der Waals surface area contributed by atoms with Crippen LogP contribution in [-0.2, 0) is 0 Å². The molecule has 1 aromatic carbocycles. The first kappa shape index (κ1) is 22.4. The molecule has 1 N–H and O–H groups in total. The topological polar surface area (TPSA) is 41.6 Å². The van der Waals surface area contributed by atoms with Crippen LogP contribution < -0.4 is 10.1 Å². The molecule has 1 aromatic rings. The van der Waals surface area contributed by atoms with Crippen LogP contribution in [0.25, 0.3) is 0 Å². The number of halogens is 4. The van der Waals surface area contributed by atoms with Crippen molar-refractivity contribution in [3.63, 3.8) is 0 Å². The van der Waals surface area contributed by atoms with E-state index in [1.807, 2.05) is 4.90 Å². The molecule has 1 aliphatic heterocycles. The summed E-state index contributed by atoms with van der Waals surface area (Å²) in [6, 6.07) is 2.15. The van der Waals surface area contributed by atoms with E-state index >= 15 is 0 Å². The molecule has 3 fully saturated rings. The molecule has 1 amide bonds. The van der Waals surface area contributed by atoms with Crippen molar-refractivity contribution in [2.24, 2.45) is 17.8 Å². The summed E-state index contributed by atoms with van der Waals surface area (Å²) in [5, 5.41) is 2.59. The summed E-state index contributed by atoms with van der Waals surface area (Å²) >= 11 is 0. The molecule has 2 saturated carbocycles. The van der Waals surface area contributed by atoms with Crippen LogP contribution in [0.15, 0.2) is 12.1 Å². The van der Waals surface area contributed by atoms with Crippen LogP contribution in [0, 0.1) is 29.4 Å². The lowest BCUT2D eigenvalue weighted by molar-refractivity contribution is -0.0232. The van der Waals surface area contributed by atoms with Gasteiger partial charge in [0, 0.05) is 25.1 Å². The molecule has 8 heteroatoms. The van der Waals surface area contributed by atoms with Crippen molar-refractivity contribution >= 4 is 5.91 Å². The number of amides is 1. The fourth-order valence-corrected chi connectivity index (χ4v) is 4.78. The summed E-state index contributed by atoms with van der Waals surface area (Å²) in [5.41, 5.74) is -0.561. The molecule has 0 bridgehead atoms. The number of hydrogen-bond donors (Lipinski definition) is 1. The van der Waals surface area contributed by atoms with E-state index in [2.05, 4.69) is 5.32 Å². The van der Waals surface area contributed by atoms with Gasteiger partial charge in [-0.25, -0.2) is 17.6 Å². The molecule has 2 atom stereocenters. The van der Waals surface area contributed by atoms with Crippen molar-refractivity contribution in [1.29, 1.82) is 0 Å². The number of likely N-dealkylation sites (tertiary alicyclic amines) is 1. The summed E-state index contributed by atoms with van der Waals surface area (Å²) in [6.07, 6.45) is 5.46. The maximum absolute atomic E-state index is 14.2. The average Bonchev–Trinajstić information content (AvgIpc) is 3.57. The molecule has 0 spiro atoms. The summed E-state index contributed by atoms with van der Waals surface area (Å²) in [4.78, 5) is 13.8. The Labute approximate surface area is 180 Å². The summed E-state index contributed by atoms with van der Waals surface area (Å²) in [6.45, 7) is 2.58. The van der Waals surface area contributed by atoms with Crippen LogP contribution in [0.2, 0.25) is 0 Å². The lowest BCUT2D eigenvalue weighted by Crippen LogP contribution is -2.41. The molecule has 4 nitrogen and oxygen atoms in total. The van der Waals surface area contributed by atoms with Gasteiger partial charge in [0.25, 0.3) is 11.8 Å². The van der Waals surface area contributed by atoms with Gasteiger partial charge in [-0.1, -0.05) is 0 Å². The van der Waals surface area contributed by atoms with E-state index in [0.717, 1.165) is 57.6 Å². The molecule has 1 heterocycles. The van der Waals surface area contributed by atoms with Crippen LogP contribution in [0.3, 0.4) is 0 Å².